The van der Waals surface area contributed by atoms with E-state index in [1.54, 1.807) is 0 Å². The summed E-state index contributed by atoms with van der Waals surface area (Å²) in [7, 11) is 0. The first-order valence-corrected chi connectivity index (χ1v) is 41.6. The predicted octanol–water partition coefficient (Wildman–Crippen LogP) is -21.9. The molecule has 1 unspecified atom stereocenters. The number of hydrogen-bond donors (Lipinski definition) is 33. The Labute approximate surface area is 741 Å². The molecule has 58 heteroatoms. The van der Waals surface area contributed by atoms with Gasteiger partial charge in [0.2, 0.25) is 29.5 Å². The highest BCUT2D eigenvalue weighted by molar-refractivity contribution is 5.77. The Hall–Kier alpha value is -5.02. The van der Waals surface area contributed by atoms with Gasteiger partial charge in [-0.25, -0.2) is 4.79 Å². The van der Waals surface area contributed by atoms with Crippen LogP contribution in [0.1, 0.15) is 48.0 Å². The summed E-state index contributed by atoms with van der Waals surface area (Å²) in [6, 6.07) is -9.61. The van der Waals surface area contributed by atoms with Crippen LogP contribution >= 0.6 is 0 Å². The van der Waals surface area contributed by atoms with Crippen LogP contribution in [0.3, 0.4) is 0 Å². The van der Waals surface area contributed by atoms with Crippen molar-refractivity contribution in [3.05, 3.63) is 0 Å². The molecule has 0 aliphatic carbocycles. The molecule has 10 fully saturated rings. The van der Waals surface area contributed by atoms with Gasteiger partial charge in [-0.15, -0.1) is 0 Å². The van der Waals surface area contributed by atoms with Crippen LogP contribution in [-0.4, -0.2) is 550 Å². The normalized spacial score (nSPS) is 47.5. The largest absolute Gasteiger partial charge is 0.477 e. The van der Waals surface area contributed by atoms with Gasteiger partial charge in [0.05, 0.1) is 77.7 Å². The minimum Gasteiger partial charge on any atom is -0.477 e. The molecule has 756 valence electrons. The van der Waals surface area contributed by atoms with E-state index >= 15 is 0 Å². The highest BCUT2D eigenvalue weighted by atomic mass is 16.8. The second kappa shape index (κ2) is 46.6. The molecular weight excluding hydrogens is 1790 g/mol. The zero-order valence-electron chi connectivity index (χ0n) is 70.7. The SMILES string of the molecule is CC(=O)N[C@@H]1[C@H](O[C@H]2[C@@H](O)[C@@H](CO[C@@H]3O[C@H](CO)[C@@H](O[C@@H]4O[C@H](CO)[C@H](O)[C@H](O)[C@H]4O[C@@H]4O[C@@H](C)[C@@H](O)[C@@H](O)[C@@H]4O)[C@H](O)[C@H]3NC(C)=O)O[C@@H](O[C@H]3[C@H](O)[C@@H](NC(C)=O)[C@H](O[C@H]4[C@@H](O)[C@@H](CO)O[C@@H](O[C@H]5[C@H](O)[C@@H](NC(C)=O)C(O)O[C@@H]5CO)[C@@H]4O)O[C@@H]3CO)[C@@H]2O)O[C@H](CO)[C@@H](O[C@@H]2O[C@H](CO)[C@H](O)[C@H](O[C@]3(C(=O)O)C[C@H](O)[C@@H](NC(C)=O)[C@H]([C@H](O)[C@H](O)CO)O3)[C@H]2O)[C@@H]1O. The molecular formula is C73H121N5O53. The van der Waals surface area contributed by atoms with E-state index in [1.807, 2.05) is 0 Å². The second-order valence-electron chi connectivity index (χ2n) is 33.1. The molecule has 0 saturated carbocycles. The lowest BCUT2D eigenvalue weighted by Crippen LogP contribution is -2.71. The van der Waals surface area contributed by atoms with E-state index in [0.29, 0.717) is 0 Å². The molecule has 10 heterocycles. The third-order valence-corrected chi connectivity index (χ3v) is 23.8. The summed E-state index contributed by atoms with van der Waals surface area (Å²) in [5, 5.41) is 326. The van der Waals surface area contributed by atoms with Crippen molar-refractivity contribution in [2.24, 2.45) is 0 Å². The van der Waals surface area contributed by atoms with Gasteiger partial charge in [0.15, 0.2) is 56.6 Å². The number of carboxylic acid groups (broad SMARTS) is 1. The van der Waals surface area contributed by atoms with Crippen LogP contribution in [0.5, 0.6) is 0 Å². The van der Waals surface area contributed by atoms with Crippen molar-refractivity contribution < 1.29 is 262 Å². The third kappa shape index (κ3) is 23.9. The van der Waals surface area contributed by atoms with Gasteiger partial charge < -0.3 is 260 Å². The minimum atomic E-state index is -3.33. The Morgan fingerprint density at radius 1 is 0.328 bits per heavy atom. The molecule has 0 aromatic heterocycles. The first-order chi connectivity index (χ1) is 61.8. The number of ether oxygens (including phenoxy) is 19. The Morgan fingerprint density at radius 2 is 0.656 bits per heavy atom. The highest BCUT2D eigenvalue weighted by Crippen LogP contribution is 2.43. The van der Waals surface area contributed by atoms with Crippen molar-refractivity contribution in [2.75, 3.05) is 59.5 Å². The average Bonchev–Trinajstić information content (AvgIpc) is 0.746. The van der Waals surface area contributed by atoms with Crippen LogP contribution in [0, 0.1) is 0 Å². The van der Waals surface area contributed by atoms with Crippen molar-refractivity contribution in [3.8, 4) is 0 Å². The summed E-state index contributed by atoms with van der Waals surface area (Å²) in [4.78, 5) is 77.5. The van der Waals surface area contributed by atoms with Crippen molar-refractivity contribution in [2.45, 2.75) is 360 Å². The van der Waals surface area contributed by atoms with Gasteiger partial charge in [0.1, 0.15) is 232 Å². The van der Waals surface area contributed by atoms with E-state index < -0.39 is 414 Å². The molecule has 10 rings (SSSR count). The van der Waals surface area contributed by atoms with Crippen molar-refractivity contribution >= 4 is 35.5 Å². The van der Waals surface area contributed by atoms with Crippen LogP contribution in [-0.2, 0) is 119 Å². The lowest BCUT2D eigenvalue weighted by atomic mass is 9.88. The fraction of sp³-hybridized carbons (Fsp3) is 0.918. The second-order valence-corrected chi connectivity index (χ2v) is 33.1. The molecule has 10 saturated heterocycles. The number of carbonyl (C=O) groups excluding carboxylic acids is 5. The number of aliphatic hydroxyl groups is 27. The summed E-state index contributed by atoms with van der Waals surface area (Å²) in [5.41, 5.74) is 0. The number of rotatable bonds is 35. The van der Waals surface area contributed by atoms with Gasteiger partial charge in [-0.2, -0.15) is 0 Å². The molecule has 0 bridgehead atoms. The third-order valence-electron chi connectivity index (χ3n) is 23.8. The first kappa shape index (κ1) is 108. The molecule has 0 spiro atoms. The number of carboxylic acids is 1. The van der Waals surface area contributed by atoms with Crippen LogP contribution in [0.15, 0.2) is 0 Å². The maximum absolute atomic E-state index is 13.4. The standard InChI is InChI=1S/C73H121N5O53/c1-17-38(94)48(104)50(106)67(114-17)129-62-49(105)40(96)25(9-80)118-71(62)126-57-29(13-84)119-64(35(45(57)101)76-20(4)89)113-16-32-43(99)60(52(108)69(122-32)124-55-30(14-85)120-65(36(46(55)102)77-21(5)90)127-59-41(97)26(10-81)116-68(51(59)107)123-54-28(12-83)115-63(110)34(44(54)100)75-19(3)88)128-66-37(78-22(6)91)47(103)56(31(15-86)121-66)125-70-53(109)61(42(98)27(11-82)117-70)131-73(72(111)112)7-23(92)33(74-18(2)87)58(130-73)39(95)24(93)8-79/h17,23-71,79-86,92-110H,7-16H2,1-6H3,(H,74,87)(H,75,88)(H,76,89)(H,77,90)(H,78,91)(H,111,112)/t17-,23-,24+,25+,26+,27+,28+,29+,30+,31+,32+,33+,34+,35+,36+,37-,38+,39+,40-,41-,42-,43-,44+,45+,46+,47+,48+,49-,50-,51+,52+,53+,54+,55+,56+,57+,58+,59-,60-,61-,62+,63?,64+,65-,66-,67-,68-,69-,70-,71-,73-/m0/s1. The summed E-state index contributed by atoms with van der Waals surface area (Å²) >= 11 is 0. The molecule has 33 N–H and O–H groups in total. The van der Waals surface area contributed by atoms with E-state index in [1.165, 1.54) is 6.92 Å². The zero-order valence-corrected chi connectivity index (χ0v) is 70.7. The molecule has 58 nitrogen and oxygen atoms in total. The van der Waals surface area contributed by atoms with Crippen LogP contribution in [0.25, 0.3) is 0 Å². The summed E-state index contributed by atoms with van der Waals surface area (Å²) in [5.74, 6) is -10.3. The van der Waals surface area contributed by atoms with Crippen molar-refractivity contribution in [3.63, 3.8) is 0 Å². The summed E-state index contributed by atoms with van der Waals surface area (Å²) in [6.07, 6.45) is -97.5. The molecule has 131 heavy (non-hydrogen) atoms. The first-order valence-electron chi connectivity index (χ1n) is 41.6. The quantitative estimate of drug-likeness (QED) is 0.0280. The molecule has 10 aliphatic rings. The number of carbonyl (C=O) groups is 6. The molecule has 51 atom stereocenters. The predicted molar refractivity (Wildman–Crippen MR) is 403 cm³/mol. The van der Waals surface area contributed by atoms with E-state index in [0.717, 1.165) is 34.6 Å². The Kier molecular flexibility index (Phi) is 38.4. The molecule has 10 aliphatic heterocycles. The lowest BCUT2D eigenvalue weighted by Gasteiger charge is -2.51. The molecule has 5 amide bonds. The number of hydrogen-bond acceptors (Lipinski definition) is 52. The number of amides is 5. The van der Waals surface area contributed by atoms with Gasteiger partial charge in [0.25, 0.3) is 5.79 Å². The fourth-order valence-corrected chi connectivity index (χ4v) is 17.0. The number of aliphatic carboxylic acids is 1. The number of nitrogens with one attached hydrogen (secondary N) is 5. The molecule has 0 aromatic carbocycles. The fourth-order valence-electron chi connectivity index (χ4n) is 17.0. The molecule has 0 radical (unpaired) electrons. The number of aliphatic hydroxyl groups excluding tert-OH is 27. The van der Waals surface area contributed by atoms with Gasteiger partial charge in [-0.05, 0) is 6.92 Å². The van der Waals surface area contributed by atoms with Gasteiger partial charge >= 0.3 is 5.97 Å². The summed E-state index contributed by atoms with van der Waals surface area (Å²) < 4.78 is 112. The van der Waals surface area contributed by atoms with Crippen LogP contribution in [0.4, 0.5) is 0 Å². The Balaban J connectivity index is 0.961. The van der Waals surface area contributed by atoms with Gasteiger partial charge in [0, 0.05) is 41.0 Å². The summed E-state index contributed by atoms with van der Waals surface area (Å²) in [6.45, 7) is -4.77. The van der Waals surface area contributed by atoms with Crippen molar-refractivity contribution in [1.29, 1.82) is 0 Å². The maximum atomic E-state index is 13.4. The van der Waals surface area contributed by atoms with Gasteiger partial charge in [-0.1, -0.05) is 0 Å². The van der Waals surface area contributed by atoms with Crippen LogP contribution < -0.4 is 26.6 Å². The van der Waals surface area contributed by atoms with E-state index in [2.05, 4.69) is 26.6 Å². The average molecular weight is 1920 g/mol. The topological polar surface area (TPSA) is 904 Å². The van der Waals surface area contributed by atoms with Crippen LogP contribution in [0.2, 0.25) is 0 Å². The van der Waals surface area contributed by atoms with E-state index in [9.17, 15) is 172 Å². The highest BCUT2D eigenvalue weighted by Gasteiger charge is 2.64. The van der Waals surface area contributed by atoms with Crippen molar-refractivity contribution in [1.82, 2.24) is 26.6 Å². The maximum Gasteiger partial charge on any atom is 0.364 e. The Morgan fingerprint density at radius 3 is 1.08 bits per heavy atom. The lowest BCUT2D eigenvalue weighted by molar-refractivity contribution is -0.393. The van der Waals surface area contributed by atoms with E-state index in [4.69, 9.17) is 90.0 Å². The zero-order chi connectivity index (χ0) is 96.9. The minimum absolute atomic E-state index is 0.793. The van der Waals surface area contributed by atoms with E-state index in [-0.39, 0.29) is 0 Å². The molecule has 0 aromatic rings. The monoisotopic (exact) mass is 1920 g/mol. The Bertz CT molecular complexity index is 3670. The van der Waals surface area contributed by atoms with Gasteiger partial charge in [-0.3, -0.25) is 24.0 Å². The smallest absolute Gasteiger partial charge is 0.364 e.